The predicted molar refractivity (Wildman–Crippen MR) is 93.1 cm³/mol. The van der Waals surface area contributed by atoms with Gasteiger partial charge in [-0.1, -0.05) is 19.8 Å². The van der Waals surface area contributed by atoms with Crippen LogP contribution in [0.3, 0.4) is 0 Å². The summed E-state index contributed by atoms with van der Waals surface area (Å²) in [5.41, 5.74) is 3.36. The summed E-state index contributed by atoms with van der Waals surface area (Å²) in [7, 11) is 0. The van der Waals surface area contributed by atoms with E-state index in [9.17, 15) is 4.79 Å². The van der Waals surface area contributed by atoms with Gasteiger partial charge in [-0.05, 0) is 50.6 Å². The van der Waals surface area contributed by atoms with Crippen LogP contribution in [0.4, 0.5) is 11.6 Å². The van der Waals surface area contributed by atoms with Crippen molar-refractivity contribution in [1.29, 1.82) is 0 Å². The molecule has 1 aromatic carbocycles. The Bertz CT molecular complexity index is 632. The van der Waals surface area contributed by atoms with Gasteiger partial charge in [0, 0.05) is 29.2 Å². The monoisotopic (exact) mass is 312 g/mol. The fourth-order valence-corrected chi connectivity index (χ4v) is 2.29. The number of nitrogens with one attached hydrogen (secondary N) is 2. The third kappa shape index (κ3) is 5.36. The Morgan fingerprint density at radius 1 is 1.04 bits per heavy atom. The minimum Gasteiger partial charge on any atom is -0.352 e. The molecule has 0 saturated carbocycles. The molecule has 1 heterocycles. The molecule has 0 saturated heterocycles. The van der Waals surface area contributed by atoms with Gasteiger partial charge in [0.15, 0.2) is 0 Å². The number of hydrogen-bond acceptors (Lipinski definition) is 4. The lowest BCUT2D eigenvalue weighted by Gasteiger charge is -2.08. The predicted octanol–water partition coefficient (Wildman–Crippen LogP) is 3.76. The summed E-state index contributed by atoms with van der Waals surface area (Å²) in [6.07, 6.45) is 3.31. The van der Waals surface area contributed by atoms with Gasteiger partial charge in [0.2, 0.25) is 5.95 Å². The van der Waals surface area contributed by atoms with E-state index in [0.29, 0.717) is 11.5 Å². The number of aromatic nitrogens is 2. The van der Waals surface area contributed by atoms with Crippen LogP contribution in [0.15, 0.2) is 30.3 Å². The molecule has 122 valence electrons. The molecule has 0 atom stereocenters. The minimum absolute atomic E-state index is 0.0321. The fraction of sp³-hybridized carbons (Fsp3) is 0.389. The van der Waals surface area contributed by atoms with Crippen LogP contribution in [0.1, 0.15) is 47.9 Å². The Hall–Kier alpha value is -2.43. The van der Waals surface area contributed by atoms with Crippen molar-refractivity contribution in [3.05, 3.63) is 47.3 Å². The van der Waals surface area contributed by atoms with E-state index in [0.717, 1.165) is 42.9 Å². The number of unbranched alkanes of at least 4 members (excludes halogenated alkanes) is 2. The zero-order valence-electron chi connectivity index (χ0n) is 14.0. The van der Waals surface area contributed by atoms with Gasteiger partial charge in [0.1, 0.15) is 0 Å². The maximum atomic E-state index is 12.0. The topological polar surface area (TPSA) is 66.9 Å². The summed E-state index contributed by atoms with van der Waals surface area (Å²) in [6.45, 7) is 6.74. The summed E-state index contributed by atoms with van der Waals surface area (Å²) >= 11 is 0. The highest BCUT2D eigenvalue weighted by atomic mass is 16.1. The van der Waals surface area contributed by atoms with Crippen molar-refractivity contribution in [1.82, 2.24) is 15.3 Å². The van der Waals surface area contributed by atoms with Crippen molar-refractivity contribution in [3.63, 3.8) is 0 Å². The number of benzene rings is 1. The lowest BCUT2D eigenvalue weighted by Crippen LogP contribution is -2.24. The van der Waals surface area contributed by atoms with Crippen molar-refractivity contribution in [2.24, 2.45) is 0 Å². The average Bonchev–Trinajstić information content (AvgIpc) is 2.51. The van der Waals surface area contributed by atoms with Gasteiger partial charge in [-0.25, -0.2) is 9.97 Å². The highest BCUT2D eigenvalue weighted by Gasteiger charge is 2.05. The second-order valence-electron chi connectivity index (χ2n) is 5.64. The van der Waals surface area contributed by atoms with Gasteiger partial charge in [-0.3, -0.25) is 4.79 Å². The second-order valence-corrected chi connectivity index (χ2v) is 5.64. The van der Waals surface area contributed by atoms with Crippen LogP contribution in [0.5, 0.6) is 0 Å². The molecule has 0 aliphatic rings. The second kappa shape index (κ2) is 8.27. The van der Waals surface area contributed by atoms with Crippen LogP contribution in [0.25, 0.3) is 0 Å². The molecule has 5 nitrogen and oxygen atoms in total. The largest absolute Gasteiger partial charge is 0.352 e. The van der Waals surface area contributed by atoms with Crippen molar-refractivity contribution in [2.75, 3.05) is 11.9 Å². The SMILES string of the molecule is CCCCCNC(=O)c1ccc(Nc2nc(C)cc(C)n2)cc1. The maximum absolute atomic E-state index is 12.0. The molecule has 0 radical (unpaired) electrons. The maximum Gasteiger partial charge on any atom is 0.251 e. The van der Waals surface area contributed by atoms with E-state index >= 15 is 0 Å². The number of carbonyl (C=O) groups is 1. The molecule has 0 bridgehead atoms. The molecule has 0 fully saturated rings. The molecule has 5 heteroatoms. The fourth-order valence-electron chi connectivity index (χ4n) is 2.29. The third-order valence-corrected chi connectivity index (χ3v) is 3.45. The van der Waals surface area contributed by atoms with Crippen LogP contribution in [0, 0.1) is 13.8 Å². The summed E-state index contributed by atoms with van der Waals surface area (Å²) in [6, 6.07) is 9.27. The van der Waals surface area contributed by atoms with E-state index in [1.165, 1.54) is 0 Å². The lowest BCUT2D eigenvalue weighted by molar-refractivity contribution is 0.0953. The minimum atomic E-state index is -0.0321. The van der Waals surface area contributed by atoms with E-state index in [1.807, 2.05) is 32.0 Å². The van der Waals surface area contributed by atoms with Gasteiger partial charge < -0.3 is 10.6 Å². The van der Waals surface area contributed by atoms with Crippen molar-refractivity contribution in [3.8, 4) is 0 Å². The third-order valence-electron chi connectivity index (χ3n) is 3.45. The Morgan fingerprint density at radius 2 is 1.70 bits per heavy atom. The van der Waals surface area contributed by atoms with Crippen molar-refractivity contribution >= 4 is 17.5 Å². The summed E-state index contributed by atoms with van der Waals surface area (Å²) in [5.74, 6) is 0.537. The Morgan fingerprint density at radius 3 is 2.30 bits per heavy atom. The normalized spacial score (nSPS) is 10.4. The van der Waals surface area contributed by atoms with E-state index in [2.05, 4.69) is 27.5 Å². The molecule has 0 aliphatic heterocycles. The summed E-state index contributed by atoms with van der Waals surface area (Å²) < 4.78 is 0. The molecule has 0 aliphatic carbocycles. The number of carbonyl (C=O) groups excluding carboxylic acids is 1. The van der Waals surface area contributed by atoms with Crippen LogP contribution in [-0.4, -0.2) is 22.4 Å². The van der Waals surface area contributed by atoms with Crippen LogP contribution < -0.4 is 10.6 Å². The number of hydrogen-bond donors (Lipinski definition) is 2. The molecule has 0 spiro atoms. The van der Waals surface area contributed by atoms with E-state index in [-0.39, 0.29) is 5.91 Å². The van der Waals surface area contributed by atoms with E-state index < -0.39 is 0 Å². The molecule has 1 aromatic heterocycles. The average molecular weight is 312 g/mol. The van der Waals surface area contributed by atoms with Crippen LogP contribution in [-0.2, 0) is 0 Å². The van der Waals surface area contributed by atoms with Crippen LogP contribution in [0.2, 0.25) is 0 Å². The number of amides is 1. The summed E-state index contributed by atoms with van der Waals surface area (Å²) in [5, 5.41) is 6.09. The molecule has 2 N–H and O–H groups in total. The van der Waals surface area contributed by atoms with Gasteiger partial charge in [-0.2, -0.15) is 0 Å². The van der Waals surface area contributed by atoms with Gasteiger partial charge in [-0.15, -0.1) is 0 Å². The first-order chi connectivity index (χ1) is 11.1. The molecular weight excluding hydrogens is 288 g/mol. The van der Waals surface area contributed by atoms with Gasteiger partial charge in [0.25, 0.3) is 5.91 Å². The number of rotatable bonds is 7. The first kappa shape index (κ1) is 16.9. The molecule has 0 unspecified atom stereocenters. The van der Waals surface area contributed by atoms with Crippen molar-refractivity contribution < 1.29 is 4.79 Å². The zero-order valence-corrected chi connectivity index (χ0v) is 14.0. The van der Waals surface area contributed by atoms with Crippen molar-refractivity contribution in [2.45, 2.75) is 40.0 Å². The Balaban J connectivity index is 1.95. The Kier molecular flexibility index (Phi) is 6.09. The quantitative estimate of drug-likeness (QED) is 0.764. The molecule has 2 aromatic rings. The number of nitrogens with zero attached hydrogens (tertiary/aromatic N) is 2. The molecule has 23 heavy (non-hydrogen) atoms. The van der Waals surface area contributed by atoms with E-state index in [4.69, 9.17) is 0 Å². The molecule has 1 amide bonds. The highest BCUT2D eigenvalue weighted by Crippen LogP contribution is 2.15. The molecular formula is C18H24N4O. The van der Waals surface area contributed by atoms with Gasteiger partial charge in [0.05, 0.1) is 0 Å². The van der Waals surface area contributed by atoms with Crippen LogP contribution >= 0.6 is 0 Å². The first-order valence-corrected chi connectivity index (χ1v) is 8.06. The lowest BCUT2D eigenvalue weighted by atomic mass is 10.2. The Labute approximate surface area is 137 Å². The standard InChI is InChI=1S/C18H24N4O/c1-4-5-6-11-19-17(23)15-7-9-16(10-8-15)22-18-20-13(2)12-14(3)21-18/h7-10,12H,4-6,11H2,1-3H3,(H,19,23)(H,20,21,22). The molecule has 2 rings (SSSR count). The van der Waals surface area contributed by atoms with Gasteiger partial charge >= 0.3 is 0 Å². The highest BCUT2D eigenvalue weighted by molar-refractivity contribution is 5.94. The summed E-state index contributed by atoms with van der Waals surface area (Å²) in [4.78, 5) is 20.7. The number of anilines is 2. The van der Waals surface area contributed by atoms with E-state index in [1.54, 1.807) is 12.1 Å². The zero-order chi connectivity index (χ0) is 16.7. The first-order valence-electron chi connectivity index (χ1n) is 8.06. The number of aryl methyl sites for hydroxylation is 2. The smallest absolute Gasteiger partial charge is 0.251 e.